The molecule has 0 saturated carbocycles. The second kappa shape index (κ2) is 48.1. The molecule has 90 heavy (non-hydrogen) atoms. The summed E-state index contributed by atoms with van der Waals surface area (Å²) in [6, 6.07) is -2.89. The van der Waals surface area contributed by atoms with Crippen molar-refractivity contribution < 1.29 is 79.6 Å². The molecule has 0 aromatic heterocycles. The Bertz CT molecular complexity index is 4030. The summed E-state index contributed by atoms with van der Waals surface area (Å²) in [4.78, 5) is 26.0. The second-order valence-electron chi connectivity index (χ2n) is 16.2. The summed E-state index contributed by atoms with van der Waals surface area (Å²) in [5.41, 5.74) is 0. The first kappa shape index (κ1) is 73.9. The lowest BCUT2D eigenvalue weighted by Gasteiger charge is -2.40. The molecule has 2 rings (SSSR count). The van der Waals surface area contributed by atoms with Crippen LogP contribution in [0.1, 0.15) is 26.7 Å². The molecule has 2 aliphatic heterocycles. The first-order chi connectivity index (χ1) is 43.8. The smallest absolute Gasteiger partial charge is 0.297 e. The number of amides is 2. The van der Waals surface area contributed by atoms with Crippen molar-refractivity contribution in [1.29, 1.82) is 0 Å². The van der Waals surface area contributed by atoms with Crippen molar-refractivity contribution in [2.24, 2.45) is 0 Å². The Morgan fingerprint density at radius 2 is 0.556 bits per heavy atom. The van der Waals surface area contributed by atoms with Gasteiger partial charge in [-0.1, -0.05) is 11.8 Å². The van der Waals surface area contributed by atoms with Gasteiger partial charge in [-0.25, -0.2) is 0 Å². The summed E-state index contributed by atoms with van der Waals surface area (Å²) in [5, 5.41) is 109. The fraction of sp³-hybridized carbons (Fsp3) is 0.306. The summed E-state index contributed by atoms with van der Waals surface area (Å²) in [7, 11) is 0. The highest BCUT2D eigenvalue weighted by Gasteiger charge is 2.46. The molecule has 18 heteroatoms. The highest BCUT2D eigenvalue weighted by molar-refractivity contribution is 5.94. The van der Waals surface area contributed by atoms with Crippen LogP contribution < -0.4 is 10.6 Å². The van der Waals surface area contributed by atoms with E-state index in [2.05, 4.69) is 295 Å². The minimum Gasteiger partial charge on any atom is -0.394 e. The van der Waals surface area contributed by atoms with Crippen molar-refractivity contribution in [1.82, 2.24) is 10.6 Å². The average molecular weight is 1190 g/mol. The first-order valence-electron chi connectivity index (χ1n) is 25.5. The van der Waals surface area contributed by atoms with Gasteiger partial charge in [-0.2, -0.15) is 0 Å². The topological polar surface area (TPSA) is 297 Å². The molecule has 0 aromatic rings. The van der Waals surface area contributed by atoms with Gasteiger partial charge in [0, 0.05) is 82.9 Å². The molecule has 2 saturated heterocycles. The van der Waals surface area contributed by atoms with Crippen LogP contribution in [0.5, 0.6) is 0 Å². The maximum absolute atomic E-state index is 13.0. The highest BCUT2D eigenvalue weighted by atomic mass is 16.7. The fourth-order valence-electron chi connectivity index (χ4n) is 6.01. The Balaban J connectivity index is 2.24. The van der Waals surface area contributed by atoms with Crippen molar-refractivity contribution in [3.63, 3.8) is 0 Å². The van der Waals surface area contributed by atoms with Crippen LogP contribution in [0.2, 0.25) is 0 Å². The Labute approximate surface area is 522 Å². The van der Waals surface area contributed by atoms with Gasteiger partial charge in [0.1, 0.15) is 48.8 Å². The van der Waals surface area contributed by atoms with Crippen LogP contribution in [0.15, 0.2) is 0 Å². The zero-order valence-corrected chi connectivity index (χ0v) is 47.2. The van der Waals surface area contributed by atoms with Crippen LogP contribution in [0.3, 0.4) is 0 Å². The molecular weight excluding hydrogens is 1150 g/mol. The molecule has 14 atom stereocenters. The van der Waals surface area contributed by atoms with Gasteiger partial charge in [0.05, 0.1) is 50.7 Å². The SMILES string of the molecule is CC#CC#CC#CC#CC#CC#CC#CC#CC#CC#CC#CC#CC(=O)N[C@@H](CO[C@@H]1OC(CO)[C@H](O)[C@H](O)C1O)[C@H](O)CC[C@@H](O)[C@H](CO[C@@H]1OC(CO)[C@H](O)[C@H](O)C1O)NC(=O)C#CC#CC#CC#CC#CC#CC#CC#CC#CC#CC#CC#CC. The number of hydrogen-bond acceptors (Lipinski definition) is 16. The molecule has 0 bridgehead atoms. The molecule has 12 N–H and O–H groups in total. The Hall–Kier alpha value is -12.2. The summed E-state index contributed by atoms with van der Waals surface area (Å²) < 4.78 is 21.9. The van der Waals surface area contributed by atoms with E-state index >= 15 is 0 Å². The van der Waals surface area contributed by atoms with Gasteiger partial charge in [0.25, 0.3) is 11.8 Å². The van der Waals surface area contributed by atoms with Gasteiger partial charge >= 0.3 is 0 Å². The first-order valence-corrected chi connectivity index (χ1v) is 25.5. The Morgan fingerprint density at radius 3 is 0.767 bits per heavy atom. The summed E-state index contributed by atoms with van der Waals surface area (Å²) in [6.07, 6.45) is -21.2. The Morgan fingerprint density at radius 1 is 0.344 bits per heavy atom. The zero-order valence-electron chi connectivity index (χ0n) is 47.2. The van der Waals surface area contributed by atoms with E-state index in [1.165, 1.54) is 0 Å². The van der Waals surface area contributed by atoms with E-state index in [1.807, 2.05) is 0 Å². The van der Waals surface area contributed by atoms with Crippen LogP contribution in [-0.2, 0) is 28.5 Å². The minimum absolute atomic E-state index is 0.412. The highest BCUT2D eigenvalue weighted by Crippen LogP contribution is 2.24. The number of aliphatic hydroxyl groups is 10. The van der Waals surface area contributed by atoms with E-state index in [0.717, 1.165) is 0 Å². The number of nitrogens with one attached hydrogen (secondary N) is 2. The van der Waals surface area contributed by atoms with Crippen LogP contribution in [0, 0.1) is 284 Å². The molecule has 2 heterocycles. The van der Waals surface area contributed by atoms with E-state index in [1.54, 1.807) is 13.8 Å². The number of carbonyl (C=O) groups excluding carboxylic acids is 2. The third kappa shape index (κ3) is 33.3. The number of aliphatic hydroxyl groups excluding tert-OH is 10. The molecule has 0 aromatic carbocycles. The van der Waals surface area contributed by atoms with Crippen molar-refractivity contribution in [2.45, 2.75) is 112 Å². The van der Waals surface area contributed by atoms with Gasteiger partial charge in [-0.05, 0) is 216 Å². The van der Waals surface area contributed by atoms with Gasteiger partial charge in [-0.3, -0.25) is 9.59 Å². The molecule has 2 amide bonds. The molecule has 438 valence electrons. The molecule has 0 aliphatic carbocycles. The van der Waals surface area contributed by atoms with Gasteiger partial charge in [0.2, 0.25) is 0 Å². The average Bonchev–Trinajstić information content (AvgIpc) is 3.20. The predicted molar refractivity (Wildman–Crippen MR) is 323 cm³/mol. The maximum atomic E-state index is 13.0. The van der Waals surface area contributed by atoms with Gasteiger partial charge in [-0.15, -0.1) is 0 Å². The minimum atomic E-state index is -1.87. The monoisotopic (exact) mass is 1190 g/mol. The molecule has 2 aliphatic rings. The Kier molecular flexibility index (Phi) is 39.5. The van der Waals surface area contributed by atoms with Crippen LogP contribution in [0.25, 0.3) is 0 Å². The lowest BCUT2D eigenvalue weighted by Crippen LogP contribution is -2.60. The molecule has 18 nitrogen and oxygen atoms in total. The van der Waals surface area contributed by atoms with E-state index in [-0.39, 0.29) is 0 Å². The molecule has 0 spiro atoms. The number of ether oxygens (including phenoxy) is 4. The number of rotatable bonds is 15. The lowest BCUT2D eigenvalue weighted by molar-refractivity contribution is -0.303. The lowest BCUT2D eigenvalue weighted by atomic mass is 9.98. The standard InChI is InChI=1S/C72H44N2O16/c1-3-5-7-9-11-13-15-17-19-21-23-25-27-29-31-33-35-37-39-41-43-45-47-49-63(79)73-57(55-87-71-69(85)67(83)65(81)61(53-75)89-71)59(77)51-52-60(78)58(56-88-72-70(86)68(84)66(82)62(54-76)90-72)74-64(80)50-48-46-44-42-40-38-36-34-32-30-28-26-24-22-20-18-16-14-12-10-8-6-4-2/h57-62,65-72,75-78,81-86H,51-56H2,1-2H3,(H,73,79)(H,74,80)/t57-,58-,59+,60+,61?,62?,65-,66-,67-,68-,69?,70?,71+,72+/m0/s1. The van der Waals surface area contributed by atoms with Crippen LogP contribution in [-0.4, -0.2) is 175 Å². The largest absolute Gasteiger partial charge is 0.394 e. The molecule has 0 radical (unpaired) electrons. The van der Waals surface area contributed by atoms with Crippen molar-refractivity contribution in [2.75, 3.05) is 26.4 Å². The third-order valence-electron chi connectivity index (χ3n) is 10.1. The van der Waals surface area contributed by atoms with Gasteiger partial charge in [0.15, 0.2) is 12.6 Å². The van der Waals surface area contributed by atoms with Crippen molar-refractivity contribution >= 4 is 11.8 Å². The normalized spacial score (nSPS) is 19.2. The fourth-order valence-corrected chi connectivity index (χ4v) is 6.01. The number of hydrogen-bond donors (Lipinski definition) is 12. The number of carbonyl (C=O) groups is 2. The second-order valence-corrected chi connectivity index (χ2v) is 16.2. The quantitative estimate of drug-likeness (QED) is 0.0679. The molecule has 4 unspecified atom stereocenters. The zero-order chi connectivity index (χ0) is 65.7. The third-order valence-corrected chi connectivity index (χ3v) is 10.1. The summed E-state index contributed by atoms with van der Waals surface area (Å²) >= 11 is 0. The predicted octanol–water partition coefficient (Wildman–Crippen LogP) is -6.79. The van der Waals surface area contributed by atoms with E-state index in [4.69, 9.17) is 18.9 Å². The molecular formula is C72H44N2O16. The van der Waals surface area contributed by atoms with Crippen LogP contribution >= 0.6 is 0 Å². The van der Waals surface area contributed by atoms with E-state index in [9.17, 15) is 60.7 Å². The van der Waals surface area contributed by atoms with E-state index in [0.29, 0.717) is 0 Å². The maximum Gasteiger partial charge on any atom is 0.297 e. The summed E-state index contributed by atoms with van der Waals surface area (Å²) in [5.74, 6) is 115. The van der Waals surface area contributed by atoms with Crippen molar-refractivity contribution in [3.05, 3.63) is 0 Å². The van der Waals surface area contributed by atoms with Crippen molar-refractivity contribution in [3.8, 4) is 284 Å². The van der Waals surface area contributed by atoms with Gasteiger partial charge < -0.3 is 80.6 Å². The summed E-state index contributed by atoms with van der Waals surface area (Å²) in [6.45, 7) is 0.341. The molecule has 2 fully saturated rings. The van der Waals surface area contributed by atoms with E-state index < -0.39 is 137 Å². The van der Waals surface area contributed by atoms with Crippen LogP contribution in [0.4, 0.5) is 0 Å².